The third-order valence-corrected chi connectivity index (χ3v) is 4.16. The van der Waals surface area contributed by atoms with Crippen LogP contribution in [0.3, 0.4) is 0 Å². The van der Waals surface area contributed by atoms with Gasteiger partial charge in [-0.3, -0.25) is 9.20 Å². The molecular weight excluding hydrogens is 256 g/mol. The predicted molar refractivity (Wildman–Crippen MR) is 72.5 cm³/mol. The van der Waals surface area contributed by atoms with E-state index in [0.29, 0.717) is 18.1 Å². The number of fused-ring (bicyclic) bond motifs is 1. The third-order valence-electron chi connectivity index (χ3n) is 4.16. The molecule has 0 bridgehead atoms. The van der Waals surface area contributed by atoms with Crippen LogP contribution in [0.2, 0.25) is 0 Å². The predicted octanol–water partition coefficient (Wildman–Crippen LogP) is 1.96. The lowest BCUT2D eigenvalue weighted by Crippen LogP contribution is -2.19. The van der Waals surface area contributed by atoms with Crippen LogP contribution < -0.4 is 0 Å². The van der Waals surface area contributed by atoms with Crippen LogP contribution in [0.5, 0.6) is 0 Å². The van der Waals surface area contributed by atoms with Crippen LogP contribution in [0.4, 0.5) is 0 Å². The smallest absolute Gasteiger partial charge is 0.307 e. The van der Waals surface area contributed by atoms with Gasteiger partial charge in [0.15, 0.2) is 0 Å². The molecule has 3 rings (SSSR count). The topological polar surface area (TPSA) is 80.4 Å². The lowest BCUT2D eigenvalue weighted by Gasteiger charge is -2.14. The standard InChI is InChI=1S/C14H18N4O2/c1-7-4-10(11(5-7)13(19)20)12-16-17-14-15-8(2)6-9(3)18(12)14/h6-7,10-11H,4-5H2,1-3H3,(H,19,20). The molecule has 0 spiro atoms. The molecule has 1 N–H and O–H groups in total. The first-order chi connectivity index (χ1) is 9.47. The number of hydrogen-bond donors (Lipinski definition) is 1. The molecule has 1 aliphatic carbocycles. The van der Waals surface area contributed by atoms with Crippen LogP contribution in [0.25, 0.3) is 5.78 Å². The van der Waals surface area contributed by atoms with Crippen molar-refractivity contribution in [3.63, 3.8) is 0 Å². The number of rotatable bonds is 2. The second-order valence-corrected chi connectivity index (χ2v) is 5.86. The Labute approximate surface area is 116 Å². The Kier molecular flexibility index (Phi) is 2.96. The van der Waals surface area contributed by atoms with E-state index in [1.165, 1.54) is 0 Å². The van der Waals surface area contributed by atoms with Crippen LogP contribution >= 0.6 is 0 Å². The van der Waals surface area contributed by atoms with Gasteiger partial charge in [0, 0.05) is 17.3 Å². The highest BCUT2D eigenvalue weighted by Gasteiger charge is 2.40. The highest BCUT2D eigenvalue weighted by Crippen LogP contribution is 2.42. The van der Waals surface area contributed by atoms with Crippen LogP contribution in [0.1, 0.15) is 42.9 Å². The van der Waals surface area contributed by atoms with Crippen molar-refractivity contribution in [2.24, 2.45) is 11.8 Å². The molecule has 2 aromatic heterocycles. The number of carboxylic acid groups (broad SMARTS) is 1. The first-order valence-electron chi connectivity index (χ1n) is 6.89. The fraction of sp³-hybridized carbons (Fsp3) is 0.571. The van der Waals surface area contributed by atoms with Crippen molar-refractivity contribution in [1.29, 1.82) is 0 Å². The maximum atomic E-state index is 11.5. The van der Waals surface area contributed by atoms with Crippen molar-refractivity contribution in [2.75, 3.05) is 0 Å². The Morgan fingerprint density at radius 3 is 2.80 bits per heavy atom. The summed E-state index contributed by atoms with van der Waals surface area (Å²) in [7, 11) is 0. The average molecular weight is 274 g/mol. The van der Waals surface area contributed by atoms with Gasteiger partial charge in [0.2, 0.25) is 0 Å². The van der Waals surface area contributed by atoms with Crippen molar-refractivity contribution < 1.29 is 9.90 Å². The molecule has 1 saturated carbocycles. The number of nitrogens with zero attached hydrogens (tertiary/aromatic N) is 4. The summed E-state index contributed by atoms with van der Waals surface area (Å²) in [5.74, 6) is 0.489. The van der Waals surface area contributed by atoms with Crippen molar-refractivity contribution in [2.45, 2.75) is 39.5 Å². The van der Waals surface area contributed by atoms with Gasteiger partial charge in [0.25, 0.3) is 5.78 Å². The quantitative estimate of drug-likeness (QED) is 0.905. The number of aliphatic carboxylic acids is 1. The van der Waals surface area contributed by atoms with Crippen LogP contribution in [-0.4, -0.2) is 30.7 Å². The van der Waals surface area contributed by atoms with E-state index < -0.39 is 5.97 Å². The zero-order chi connectivity index (χ0) is 14.4. The Morgan fingerprint density at radius 1 is 1.35 bits per heavy atom. The Balaban J connectivity index is 2.12. The van der Waals surface area contributed by atoms with E-state index in [-0.39, 0.29) is 11.8 Å². The van der Waals surface area contributed by atoms with E-state index in [1.807, 2.05) is 24.3 Å². The maximum Gasteiger partial charge on any atom is 0.307 e. The van der Waals surface area contributed by atoms with Crippen molar-refractivity contribution in [1.82, 2.24) is 19.6 Å². The summed E-state index contributed by atoms with van der Waals surface area (Å²) in [4.78, 5) is 15.8. The number of aryl methyl sites for hydroxylation is 2. The van der Waals surface area contributed by atoms with Crippen molar-refractivity contribution >= 4 is 11.7 Å². The molecular formula is C14H18N4O2. The molecule has 0 aliphatic heterocycles. The minimum atomic E-state index is -0.742. The average Bonchev–Trinajstić information content (AvgIpc) is 2.92. The van der Waals surface area contributed by atoms with Crippen molar-refractivity contribution in [3.05, 3.63) is 23.3 Å². The summed E-state index contributed by atoms with van der Waals surface area (Å²) >= 11 is 0. The Morgan fingerprint density at radius 2 is 2.10 bits per heavy atom. The van der Waals surface area contributed by atoms with Gasteiger partial charge in [0.1, 0.15) is 5.82 Å². The number of hydrogen-bond acceptors (Lipinski definition) is 4. The van der Waals surface area contributed by atoms with Gasteiger partial charge < -0.3 is 5.11 Å². The molecule has 0 radical (unpaired) electrons. The second-order valence-electron chi connectivity index (χ2n) is 5.86. The molecule has 1 fully saturated rings. The lowest BCUT2D eigenvalue weighted by atomic mass is 9.95. The maximum absolute atomic E-state index is 11.5. The summed E-state index contributed by atoms with van der Waals surface area (Å²) < 4.78 is 1.89. The van der Waals surface area contributed by atoms with Gasteiger partial charge in [-0.25, -0.2) is 4.98 Å². The summed E-state index contributed by atoms with van der Waals surface area (Å²) in [5.41, 5.74) is 1.89. The molecule has 6 nitrogen and oxygen atoms in total. The van der Waals surface area contributed by atoms with E-state index in [0.717, 1.165) is 23.6 Å². The summed E-state index contributed by atoms with van der Waals surface area (Å²) in [6, 6.07) is 1.97. The van der Waals surface area contributed by atoms with Crippen LogP contribution in [0, 0.1) is 25.7 Å². The van der Waals surface area contributed by atoms with Gasteiger partial charge in [-0.15, -0.1) is 10.2 Å². The van der Waals surface area contributed by atoms with Crippen LogP contribution in [-0.2, 0) is 4.79 Å². The summed E-state index contributed by atoms with van der Waals surface area (Å²) in [5, 5.41) is 17.8. The molecule has 0 saturated heterocycles. The summed E-state index contributed by atoms with van der Waals surface area (Å²) in [6.45, 7) is 5.98. The van der Waals surface area contributed by atoms with Gasteiger partial charge in [-0.05, 0) is 38.7 Å². The van der Waals surface area contributed by atoms with E-state index in [4.69, 9.17) is 0 Å². The number of carbonyl (C=O) groups is 1. The highest BCUT2D eigenvalue weighted by atomic mass is 16.4. The van der Waals surface area contributed by atoms with Crippen molar-refractivity contribution in [3.8, 4) is 0 Å². The van der Waals surface area contributed by atoms with E-state index in [2.05, 4.69) is 22.1 Å². The van der Waals surface area contributed by atoms with Gasteiger partial charge in [-0.2, -0.15) is 0 Å². The molecule has 3 unspecified atom stereocenters. The normalized spacial score (nSPS) is 26.2. The monoisotopic (exact) mass is 274 g/mol. The summed E-state index contributed by atoms with van der Waals surface area (Å²) in [6.07, 6.45) is 1.54. The minimum Gasteiger partial charge on any atom is -0.481 e. The molecule has 20 heavy (non-hydrogen) atoms. The molecule has 0 aromatic carbocycles. The molecule has 2 heterocycles. The van der Waals surface area contributed by atoms with Gasteiger partial charge in [-0.1, -0.05) is 6.92 Å². The molecule has 6 heteroatoms. The van der Waals surface area contributed by atoms with E-state index >= 15 is 0 Å². The van der Waals surface area contributed by atoms with E-state index in [1.54, 1.807) is 0 Å². The molecule has 3 atom stereocenters. The van der Waals surface area contributed by atoms with Crippen LogP contribution in [0.15, 0.2) is 6.07 Å². The first kappa shape index (κ1) is 13.0. The third kappa shape index (κ3) is 1.95. The number of carboxylic acids is 1. The lowest BCUT2D eigenvalue weighted by molar-refractivity contribution is -0.142. The Bertz CT molecular complexity index is 679. The molecule has 0 amide bonds. The highest BCUT2D eigenvalue weighted by molar-refractivity contribution is 5.71. The Hall–Kier alpha value is -1.98. The zero-order valence-electron chi connectivity index (χ0n) is 11.9. The fourth-order valence-electron chi connectivity index (χ4n) is 3.35. The molecule has 2 aromatic rings. The zero-order valence-corrected chi connectivity index (χ0v) is 11.9. The minimum absolute atomic E-state index is 0.0827. The van der Waals surface area contributed by atoms with E-state index in [9.17, 15) is 9.90 Å². The van der Waals surface area contributed by atoms with Gasteiger partial charge in [0.05, 0.1) is 5.92 Å². The SMILES string of the molecule is Cc1cc(C)n2c(C3CC(C)CC3C(=O)O)nnc2n1. The number of aromatic nitrogens is 4. The fourth-order valence-corrected chi connectivity index (χ4v) is 3.35. The second kappa shape index (κ2) is 4.54. The molecule has 106 valence electrons. The van der Waals surface area contributed by atoms with Gasteiger partial charge >= 0.3 is 5.97 Å². The first-order valence-corrected chi connectivity index (χ1v) is 6.89. The molecule has 1 aliphatic rings. The largest absolute Gasteiger partial charge is 0.481 e.